The number of benzene rings is 2. The topological polar surface area (TPSA) is 94.2 Å². The Balaban J connectivity index is 1.73. The van der Waals surface area contributed by atoms with E-state index in [2.05, 4.69) is 5.32 Å². The number of sulfonamides is 1. The highest BCUT2D eigenvalue weighted by Crippen LogP contribution is 2.37. The number of ether oxygens (including phenoxy) is 3. The fraction of sp³-hybridized carbons (Fsp3) is 0.409. The average molecular weight is 447 g/mol. The molecule has 2 aliphatic rings. The van der Waals surface area contributed by atoms with Crippen molar-refractivity contribution in [2.45, 2.75) is 50.1 Å². The van der Waals surface area contributed by atoms with E-state index in [1.807, 2.05) is 12.1 Å². The molecule has 0 unspecified atom stereocenters. The number of nitrogens with zero attached hydrogens (tertiary/aromatic N) is 1. The van der Waals surface area contributed by atoms with Crippen molar-refractivity contribution < 1.29 is 27.4 Å². The Bertz CT molecular complexity index is 1080. The molecule has 2 aromatic carbocycles. The number of carbonyl (C=O) groups excluding carboxylic acids is 1. The lowest BCUT2D eigenvalue weighted by Gasteiger charge is -2.29. The second-order valence-electron chi connectivity index (χ2n) is 7.72. The van der Waals surface area contributed by atoms with E-state index in [0.29, 0.717) is 17.2 Å². The summed E-state index contributed by atoms with van der Waals surface area (Å²) in [5.74, 6) is 1.24. The van der Waals surface area contributed by atoms with Gasteiger partial charge in [0, 0.05) is 25.2 Å². The molecule has 8 nitrogen and oxygen atoms in total. The Morgan fingerprint density at radius 1 is 1.13 bits per heavy atom. The molecule has 31 heavy (non-hydrogen) atoms. The number of amides is 1. The second kappa shape index (κ2) is 8.76. The van der Waals surface area contributed by atoms with Crippen LogP contribution < -0.4 is 19.5 Å². The SMILES string of the molecule is COc1ccc(NC(C)=O)cc1S(=O)(=O)N(Cc1ccc2c(c1)OCO2)C1CCCC1. The highest BCUT2D eigenvalue weighted by molar-refractivity contribution is 7.89. The van der Waals surface area contributed by atoms with E-state index < -0.39 is 10.0 Å². The molecule has 1 amide bonds. The summed E-state index contributed by atoms with van der Waals surface area (Å²) >= 11 is 0. The van der Waals surface area contributed by atoms with Crippen LogP contribution in [-0.2, 0) is 21.4 Å². The van der Waals surface area contributed by atoms with Crippen LogP contribution in [0.5, 0.6) is 17.2 Å². The van der Waals surface area contributed by atoms with Crippen LogP contribution >= 0.6 is 0 Å². The molecule has 1 aliphatic carbocycles. The van der Waals surface area contributed by atoms with Crippen LogP contribution in [0.15, 0.2) is 41.3 Å². The van der Waals surface area contributed by atoms with E-state index >= 15 is 0 Å². The van der Waals surface area contributed by atoms with Gasteiger partial charge in [-0.2, -0.15) is 4.31 Å². The molecular weight excluding hydrogens is 420 g/mol. The number of fused-ring (bicyclic) bond motifs is 1. The van der Waals surface area contributed by atoms with E-state index in [0.717, 1.165) is 31.2 Å². The first-order valence-electron chi connectivity index (χ1n) is 10.2. The lowest BCUT2D eigenvalue weighted by molar-refractivity contribution is -0.114. The van der Waals surface area contributed by atoms with E-state index in [-0.39, 0.29) is 35.9 Å². The Hall–Kier alpha value is -2.78. The Morgan fingerprint density at radius 3 is 2.58 bits per heavy atom. The van der Waals surface area contributed by atoms with Gasteiger partial charge < -0.3 is 19.5 Å². The second-order valence-corrected chi connectivity index (χ2v) is 9.58. The van der Waals surface area contributed by atoms with Gasteiger partial charge in [0.2, 0.25) is 22.7 Å². The van der Waals surface area contributed by atoms with Gasteiger partial charge in [-0.1, -0.05) is 18.9 Å². The summed E-state index contributed by atoms with van der Waals surface area (Å²) in [4.78, 5) is 11.5. The third kappa shape index (κ3) is 4.47. The summed E-state index contributed by atoms with van der Waals surface area (Å²) in [6.07, 6.45) is 3.58. The fourth-order valence-electron chi connectivity index (χ4n) is 4.11. The summed E-state index contributed by atoms with van der Waals surface area (Å²) < 4.78 is 45.4. The molecule has 0 saturated heterocycles. The van der Waals surface area contributed by atoms with Crippen molar-refractivity contribution in [3.8, 4) is 17.2 Å². The van der Waals surface area contributed by atoms with Gasteiger partial charge in [-0.25, -0.2) is 8.42 Å². The zero-order chi connectivity index (χ0) is 22.0. The van der Waals surface area contributed by atoms with Crippen molar-refractivity contribution in [1.82, 2.24) is 4.31 Å². The molecule has 0 bridgehead atoms. The Kier molecular flexibility index (Phi) is 6.06. The smallest absolute Gasteiger partial charge is 0.247 e. The van der Waals surface area contributed by atoms with E-state index in [9.17, 15) is 13.2 Å². The Labute approximate surface area is 182 Å². The van der Waals surface area contributed by atoms with E-state index in [1.54, 1.807) is 22.5 Å². The van der Waals surface area contributed by atoms with E-state index in [4.69, 9.17) is 14.2 Å². The lowest BCUT2D eigenvalue weighted by atomic mass is 10.1. The number of carbonyl (C=O) groups is 1. The molecule has 1 aliphatic heterocycles. The maximum Gasteiger partial charge on any atom is 0.247 e. The quantitative estimate of drug-likeness (QED) is 0.699. The largest absolute Gasteiger partial charge is 0.495 e. The van der Waals surface area contributed by atoms with Crippen molar-refractivity contribution in [1.29, 1.82) is 0 Å². The summed E-state index contributed by atoms with van der Waals surface area (Å²) in [5.41, 5.74) is 1.22. The molecule has 166 valence electrons. The van der Waals surface area contributed by atoms with Crippen LogP contribution in [0.2, 0.25) is 0 Å². The minimum absolute atomic E-state index is 0.0360. The van der Waals surface area contributed by atoms with Gasteiger partial charge in [0.05, 0.1) is 7.11 Å². The van der Waals surface area contributed by atoms with Gasteiger partial charge in [-0.05, 0) is 48.7 Å². The van der Waals surface area contributed by atoms with Crippen LogP contribution in [0.4, 0.5) is 5.69 Å². The van der Waals surface area contributed by atoms with Crippen molar-refractivity contribution in [2.75, 3.05) is 19.2 Å². The Morgan fingerprint density at radius 2 is 1.87 bits per heavy atom. The monoisotopic (exact) mass is 446 g/mol. The molecule has 1 N–H and O–H groups in total. The maximum atomic E-state index is 13.9. The van der Waals surface area contributed by atoms with Gasteiger partial charge in [0.1, 0.15) is 10.6 Å². The van der Waals surface area contributed by atoms with E-state index in [1.165, 1.54) is 20.1 Å². The fourth-order valence-corrected chi connectivity index (χ4v) is 5.96. The molecule has 1 fully saturated rings. The number of anilines is 1. The minimum atomic E-state index is -3.91. The van der Waals surface area contributed by atoms with Gasteiger partial charge >= 0.3 is 0 Å². The molecule has 0 spiro atoms. The van der Waals surface area contributed by atoms with Gasteiger partial charge in [-0.3, -0.25) is 4.79 Å². The molecule has 1 saturated carbocycles. The number of hydrogen-bond donors (Lipinski definition) is 1. The highest BCUT2D eigenvalue weighted by atomic mass is 32.2. The van der Waals surface area contributed by atoms with Crippen molar-refractivity contribution in [2.24, 2.45) is 0 Å². The number of nitrogens with one attached hydrogen (secondary N) is 1. The lowest BCUT2D eigenvalue weighted by Crippen LogP contribution is -2.38. The maximum absolute atomic E-state index is 13.9. The number of methoxy groups -OCH3 is 1. The van der Waals surface area contributed by atoms with Crippen LogP contribution in [-0.4, -0.2) is 38.6 Å². The molecule has 4 rings (SSSR count). The third-order valence-electron chi connectivity index (χ3n) is 5.58. The summed E-state index contributed by atoms with van der Waals surface area (Å²) in [6.45, 7) is 1.75. The average Bonchev–Trinajstić information content (AvgIpc) is 3.43. The van der Waals surface area contributed by atoms with Crippen LogP contribution in [0.1, 0.15) is 38.2 Å². The first kappa shape index (κ1) is 21.5. The van der Waals surface area contributed by atoms with Crippen molar-refractivity contribution >= 4 is 21.6 Å². The number of rotatable bonds is 7. The summed E-state index contributed by atoms with van der Waals surface area (Å²) in [7, 11) is -2.48. The molecule has 0 aromatic heterocycles. The van der Waals surface area contributed by atoms with Gasteiger partial charge in [0.15, 0.2) is 11.5 Å². The van der Waals surface area contributed by atoms with Crippen molar-refractivity contribution in [3.05, 3.63) is 42.0 Å². The molecular formula is C22H26N2O6S. The first-order valence-corrected chi connectivity index (χ1v) is 11.7. The zero-order valence-electron chi connectivity index (χ0n) is 17.6. The van der Waals surface area contributed by atoms with Crippen LogP contribution in [0.3, 0.4) is 0 Å². The standard InChI is InChI=1S/C22H26N2O6S/c1-15(25)23-17-8-10-20(28-2)22(12-17)31(26,27)24(18-5-3-4-6-18)13-16-7-9-19-21(11-16)30-14-29-19/h7-12,18H,3-6,13-14H2,1-2H3,(H,23,25). The van der Waals surface area contributed by atoms with Crippen LogP contribution in [0, 0.1) is 0 Å². The highest BCUT2D eigenvalue weighted by Gasteiger charge is 2.35. The molecule has 1 heterocycles. The molecule has 0 atom stereocenters. The number of hydrogen-bond acceptors (Lipinski definition) is 6. The first-order chi connectivity index (χ1) is 14.9. The molecule has 9 heteroatoms. The summed E-state index contributed by atoms with van der Waals surface area (Å²) in [5, 5.41) is 2.65. The summed E-state index contributed by atoms with van der Waals surface area (Å²) in [6, 6.07) is 10.0. The molecule has 2 aromatic rings. The minimum Gasteiger partial charge on any atom is -0.495 e. The van der Waals surface area contributed by atoms with Gasteiger partial charge in [-0.15, -0.1) is 0 Å². The van der Waals surface area contributed by atoms with Crippen LogP contribution in [0.25, 0.3) is 0 Å². The van der Waals surface area contributed by atoms with Crippen molar-refractivity contribution in [3.63, 3.8) is 0 Å². The normalized spacial score (nSPS) is 16.0. The predicted octanol–water partition coefficient (Wildman–Crippen LogP) is 3.52. The zero-order valence-corrected chi connectivity index (χ0v) is 18.4. The molecule has 0 radical (unpaired) electrons. The third-order valence-corrected chi connectivity index (χ3v) is 7.50. The van der Waals surface area contributed by atoms with Gasteiger partial charge in [0.25, 0.3) is 0 Å². The predicted molar refractivity (Wildman–Crippen MR) is 115 cm³/mol.